The standard InChI is InChI=1S/C15H21F2NOS/c1-2-10-3-4-11(9-18)15(7-10)20(19)12-5-6-13(16)14(17)8-12/h5-6,8,10-11,15H,2-4,7,9,18H2,1H3. The van der Waals surface area contributed by atoms with Gasteiger partial charge in [-0.25, -0.2) is 8.78 Å². The van der Waals surface area contributed by atoms with Crippen molar-refractivity contribution in [1.82, 2.24) is 0 Å². The van der Waals surface area contributed by atoms with Crippen LogP contribution in [0.3, 0.4) is 0 Å². The van der Waals surface area contributed by atoms with Crippen LogP contribution in [0.15, 0.2) is 23.1 Å². The highest BCUT2D eigenvalue weighted by Gasteiger charge is 2.33. The van der Waals surface area contributed by atoms with Gasteiger partial charge in [-0.2, -0.15) is 0 Å². The molecule has 5 heteroatoms. The predicted molar refractivity (Wildman–Crippen MR) is 76.7 cm³/mol. The Morgan fingerprint density at radius 3 is 2.65 bits per heavy atom. The molecule has 1 aromatic rings. The zero-order chi connectivity index (χ0) is 14.7. The normalized spacial score (nSPS) is 28.3. The van der Waals surface area contributed by atoms with Crippen molar-refractivity contribution in [3.63, 3.8) is 0 Å². The molecule has 0 heterocycles. The lowest BCUT2D eigenvalue weighted by molar-refractivity contribution is 0.280. The lowest BCUT2D eigenvalue weighted by atomic mass is 9.80. The fourth-order valence-corrected chi connectivity index (χ4v) is 4.77. The average molecular weight is 301 g/mol. The van der Waals surface area contributed by atoms with Crippen molar-refractivity contribution in [2.24, 2.45) is 17.6 Å². The Labute approximate surface area is 121 Å². The van der Waals surface area contributed by atoms with E-state index in [1.807, 2.05) is 0 Å². The SMILES string of the molecule is CCC1CCC(CN)C(S(=O)c2ccc(F)c(F)c2)C1. The van der Waals surface area contributed by atoms with Crippen LogP contribution >= 0.6 is 0 Å². The Morgan fingerprint density at radius 1 is 1.30 bits per heavy atom. The van der Waals surface area contributed by atoms with Gasteiger partial charge in [0, 0.05) is 10.1 Å². The Kier molecular flexibility index (Phi) is 5.27. The highest BCUT2D eigenvalue weighted by molar-refractivity contribution is 7.85. The van der Waals surface area contributed by atoms with Crippen molar-refractivity contribution in [1.29, 1.82) is 0 Å². The van der Waals surface area contributed by atoms with Gasteiger partial charge >= 0.3 is 0 Å². The van der Waals surface area contributed by atoms with Crippen LogP contribution in [0.25, 0.3) is 0 Å². The van der Waals surface area contributed by atoms with E-state index in [1.165, 1.54) is 6.07 Å². The van der Waals surface area contributed by atoms with Crippen molar-refractivity contribution in [3.8, 4) is 0 Å². The van der Waals surface area contributed by atoms with Crippen molar-refractivity contribution >= 4 is 10.8 Å². The molecule has 1 aromatic carbocycles. The molecule has 0 spiro atoms. The highest BCUT2D eigenvalue weighted by atomic mass is 32.2. The molecule has 4 unspecified atom stereocenters. The van der Waals surface area contributed by atoms with E-state index < -0.39 is 22.4 Å². The molecule has 0 saturated heterocycles. The van der Waals surface area contributed by atoms with E-state index in [0.29, 0.717) is 17.4 Å². The Bertz CT molecular complexity index is 495. The fourth-order valence-electron chi connectivity index (χ4n) is 2.95. The van der Waals surface area contributed by atoms with Gasteiger partial charge in [-0.15, -0.1) is 0 Å². The van der Waals surface area contributed by atoms with E-state index in [0.717, 1.165) is 37.8 Å². The quantitative estimate of drug-likeness (QED) is 0.928. The number of halogens is 2. The number of rotatable bonds is 4. The topological polar surface area (TPSA) is 43.1 Å². The molecule has 112 valence electrons. The van der Waals surface area contributed by atoms with Crippen LogP contribution in [0.4, 0.5) is 8.78 Å². The summed E-state index contributed by atoms with van der Waals surface area (Å²) in [5.74, 6) is -1.09. The molecule has 0 aromatic heterocycles. The largest absolute Gasteiger partial charge is 0.330 e. The maximum absolute atomic E-state index is 13.3. The van der Waals surface area contributed by atoms with E-state index >= 15 is 0 Å². The molecule has 0 amide bonds. The van der Waals surface area contributed by atoms with Crippen molar-refractivity contribution < 1.29 is 13.0 Å². The van der Waals surface area contributed by atoms with Gasteiger partial charge in [0.2, 0.25) is 0 Å². The summed E-state index contributed by atoms with van der Waals surface area (Å²) in [4.78, 5) is 0.365. The zero-order valence-electron chi connectivity index (χ0n) is 11.6. The third-order valence-electron chi connectivity index (χ3n) is 4.32. The first-order valence-electron chi connectivity index (χ1n) is 7.12. The van der Waals surface area contributed by atoms with Gasteiger partial charge in [0.1, 0.15) is 0 Å². The highest BCUT2D eigenvalue weighted by Crippen LogP contribution is 2.35. The second kappa shape index (κ2) is 6.76. The molecule has 1 saturated carbocycles. The van der Waals surface area contributed by atoms with Crippen LogP contribution in [0, 0.1) is 23.5 Å². The third kappa shape index (κ3) is 3.26. The summed E-state index contributed by atoms with van der Waals surface area (Å²) in [5.41, 5.74) is 5.78. The number of hydrogen-bond donors (Lipinski definition) is 1. The minimum absolute atomic E-state index is 0.0523. The molecule has 0 bridgehead atoms. The van der Waals surface area contributed by atoms with Crippen molar-refractivity contribution in [2.45, 2.75) is 42.8 Å². The van der Waals surface area contributed by atoms with Gasteiger partial charge in [-0.1, -0.05) is 19.8 Å². The van der Waals surface area contributed by atoms with Crippen LogP contribution in [-0.2, 0) is 10.8 Å². The van der Waals surface area contributed by atoms with E-state index in [-0.39, 0.29) is 11.2 Å². The number of nitrogens with two attached hydrogens (primary N) is 1. The molecule has 4 atom stereocenters. The van der Waals surface area contributed by atoms with Crippen LogP contribution in [0.1, 0.15) is 32.6 Å². The molecule has 2 rings (SSSR count). The minimum Gasteiger partial charge on any atom is -0.330 e. The van der Waals surface area contributed by atoms with Gasteiger partial charge < -0.3 is 5.73 Å². The third-order valence-corrected chi connectivity index (χ3v) is 6.16. The summed E-state index contributed by atoms with van der Waals surface area (Å²) in [6, 6.07) is 3.51. The molecule has 2 nitrogen and oxygen atoms in total. The van der Waals surface area contributed by atoms with E-state index in [1.54, 1.807) is 0 Å². The molecule has 2 N–H and O–H groups in total. The first kappa shape index (κ1) is 15.6. The van der Waals surface area contributed by atoms with Crippen LogP contribution in [0.2, 0.25) is 0 Å². The van der Waals surface area contributed by atoms with Gasteiger partial charge in [-0.05, 0) is 49.4 Å². The lowest BCUT2D eigenvalue weighted by Crippen LogP contribution is -2.37. The number of hydrogen-bond acceptors (Lipinski definition) is 2. The monoisotopic (exact) mass is 301 g/mol. The molecule has 1 aliphatic carbocycles. The summed E-state index contributed by atoms with van der Waals surface area (Å²) >= 11 is 0. The summed E-state index contributed by atoms with van der Waals surface area (Å²) in [5, 5.41) is -0.0523. The lowest BCUT2D eigenvalue weighted by Gasteiger charge is -2.34. The van der Waals surface area contributed by atoms with E-state index in [4.69, 9.17) is 5.73 Å². The van der Waals surface area contributed by atoms with Crippen LogP contribution in [-0.4, -0.2) is 16.0 Å². The average Bonchev–Trinajstić information content (AvgIpc) is 2.48. The van der Waals surface area contributed by atoms with E-state index in [9.17, 15) is 13.0 Å². The second-order valence-electron chi connectivity index (χ2n) is 5.49. The molecular weight excluding hydrogens is 280 g/mol. The van der Waals surface area contributed by atoms with Crippen molar-refractivity contribution in [2.75, 3.05) is 6.54 Å². The Morgan fingerprint density at radius 2 is 2.05 bits per heavy atom. The summed E-state index contributed by atoms with van der Waals surface area (Å²) in [7, 11) is -1.33. The first-order chi connectivity index (χ1) is 9.56. The maximum atomic E-state index is 13.3. The Balaban J connectivity index is 2.22. The maximum Gasteiger partial charge on any atom is 0.160 e. The molecule has 1 aliphatic rings. The van der Waals surface area contributed by atoms with Crippen LogP contribution in [0.5, 0.6) is 0 Å². The smallest absolute Gasteiger partial charge is 0.160 e. The predicted octanol–water partition coefficient (Wildman–Crippen LogP) is 3.23. The summed E-state index contributed by atoms with van der Waals surface area (Å²) < 4.78 is 38.9. The molecule has 0 aliphatic heterocycles. The van der Waals surface area contributed by atoms with E-state index in [2.05, 4.69) is 6.92 Å². The number of benzene rings is 1. The molecule has 1 fully saturated rings. The summed E-state index contributed by atoms with van der Waals surface area (Å²) in [6.07, 6.45) is 3.99. The minimum atomic E-state index is -1.33. The Hall–Kier alpha value is -0.810. The van der Waals surface area contributed by atoms with Gasteiger partial charge in [0.15, 0.2) is 11.6 Å². The van der Waals surface area contributed by atoms with Gasteiger partial charge in [-0.3, -0.25) is 4.21 Å². The summed E-state index contributed by atoms with van der Waals surface area (Å²) in [6.45, 7) is 2.63. The fraction of sp³-hybridized carbons (Fsp3) is 0.600. The van der Waals surface area contributed by atoms with Gasteiger partial charge in [0.25, 0.3) is 0 Å². The zero-order valence-corrected chi connectivity index (χ0v) is 12.5. The second-order valence-corrected chi connectivity index (χ2v) is 7.17. The van der Waals surface area contributed by atoms with Crippen molar-refractivity contribution in [3.05, 3.63) is 29.8 Å². The molecule has 0 radical (unpaired) electrons. The first-order valence-corrected chi connectivity index (χ1v) is 8.33. The van der Waals surface area contributed by atoms with Gasteiger partial charge in [0.05, 0.1) is 10.8 Å². The van der Waals surface area contributed by atoms with Crippen LogP contribution < -0.4 is 5.73 Å². The molecular formula is C15H21F2NOS. The molecule has 20 heavy (non-hydrogen) atoms.